The lowest BCUT2D eigenvalue weighted by molar-refractivity contribution is -0.128. The fraction of sp³-hybridized carbons (Fsp3) is 0.263. The molecule has 128 valence electrons. The van der Waals surface area contributed by atoms with E-state index < -0.39 is 6.10 Å². The lowest BCUT2D eigenvalue weighted by Crippen LogP contribution is -2.39. The Balaban J connectivity index is 1.66. The lowest BCUT2D eigenvalue weighted by atomic mass is 10.0. The number of nitrogens with one attached hydrogen (secondary N) is 1. The Hall–Kier alpha value is -2.52. The van der Waals surface area contributed by atoms with Gasteiger partial charge in [-0.15, -0.1) is 11.8 Å². The Morgan fingerprint density at radius 3 is 2.84 bits per heavy atom. The zero-order valence-electron chi connectivity index (χ0n) is 13.7. The first-order valence-electron chi connectivity index (χ1n) is 7.97. The first-order chi connectivity index (χ1) is 12.1. The summed E-state index contributed by atoms with van der Waals surface area (Å²) in [6.45, 7) is 1.66. The Labute approximate surface area is 150 Å². The summed E-state index contributed by atoms with van der Waals surface area (Å²) < 4.78 is 19.5. The van der Waals surface area contributed by atoms with Crippen LogP contribution in [0.5, 0.6) is 5.75 Å². The zero-order valence-corrected chi connectivity index (χ0v) is 14.5. The molecule has 4 nitrogen and oxygen atoms in total. The maximum atomic E-state index is 13.9. The highest BCUT2D eigenvalue weighted by Crippen LogP contribution is 2.37. The molecule has 0 radical (unpaired) electrons. The highest BCUT2D eigenvalue weighted by Gasteiger charge is 2.26. The maximum absolute atomic E-state index is 13.9. The van der Waals surface area contributed by atoms with Gasteiger partial charge in [0.05, 0.1) is 17.7 Å². The van der Waals surface area contributed by atoms with Crippen LogP contribution < -0.4 is 10.1 Å². The normalized spacial score (nSPS) is 17.1. The summed E-state index contributed by atoms with van der Waals surface area (Å²) in [5.74, 6) is 0.774. The number of ether oxygens (including phenoxy) is 1. The molecular weight excluding hydrogens is 339 g/mol. The molecule has 0 spiro atoms. The highest BCUT2D eigenvalue weighted by atomic mass is 32.2. The maximum Gasteiger partial charge on any atom is 0.261 e. The van der Waals surface area contributed by atoms with E-state index >= 15 is 0 Å². The van der Waals surface area contributed by atoms with Crippen molar-refractivity contribution in [1.82, 2.24) is 5.32 Å². The van der Waals surface area contributed by atoms with Gasteiger partial charge in [0.25, 0.3) is 5.91 Å². The molecule has 0 unspecified atom stereocenters. The minimum absolute atomic E-state index is 0.216. The largest absolute Gasteiger partial charge is 0.481 e. The molecule has 0 saturated heterocycles. The predicted octanol–water partition coefficient (Wildman–Crippen LogP) is 3.82. The minimum Gasteiger partial charge on any atom is -0.481 e. The second kappa shape index (κ2) is 7.58. The number of nitrogens with zero attached hydrogens (tertiary/aromatic N) is 1. The number of hydrogen-bond donors (Lipinski definition) is 1. The third-order valence-electron chi connectivity index (χ3n) is 4.01. The monoisotopic (exact) mass is 356 g/mol. The van der Waals surface area contributed by atoms with E-state index in [9.17, 15) is 9.18 Å². The molecule has 0 aromatic heterocycles. The van der Waals surface area contributed by atoms with Gasteiger partial charge < -0.3 is 10.1 Å². The Kier molecular flexibility index (Phi) is 5.25. The zero-order chi connectivity index (χ0) is 17.8. The van der Waals surface area contributed by atoms with Crippen molar-refractivity contribution >= 4 is 17.7 Å². The molecule has 2 atom stereocenters. The molecule has 2 aromatic rings. The van der Waals surface area contributed by atoms with Gasteiger partial charge in [-0.2, -0.15) is 5.26 Å². The smallest absolute Gasteiger partial charge is 0.261 e. The quantitative estimate of drug-likeness (QED) is 0.905. The first kappa shape index (κ1) is 17.3. The number of hydrogen-bond acceptors (Lipinski definition) is 4. The van der Waals surface area contributed by atoms with E-state index in [4.69, 9.17) is 10.00 Å². The molecule has 25 heavy (non-hydrogen) atoms. The van der Waals surface area contributed by atoms with Crippen molar-refractivity contribution in [3.05, 3.63) is 59.4 Å². The minimum atomic E-state index is -0.695. The van der Waals surface area contributed by atoms with Gasteiger partial charge in [-0.1, -0.05) is 12.1 Å². The number of fused-ring (bicyclic) bond motifs is 1. The van der Waals surface area contributed by atoms with Crippen LogP contribution in [0.15, 0.2) is 47.4 Å². The van der Waals surface area contributed by atoms with Gasteiger partial charge in [-0.05, 0) is 49.2 Å². The van der Waals surface area contributed by atoms with E-state index in [1.54, 1.807) is 37.3 Å². The number of carbonyl (C=O) groups is 1. The van der Waals surface area contributed by atoms with Crippen LogP contribution >= 0.6 is 11.8 Å². The van der Waals surface area contributed by atoms with Crippen LogP contribution in [0.4, 0.5) is 4.39 Å². The third kappa shape index (κ3) is 3.94. The molecule has 1 aliphatic heterocycles. The van der Waals surface area contributed by atoms with Crippen molar-refractivity contribution in [3.63, 3.8) is 0 Å². The summed E-state index contributed by atoms with van der Waals surface area (Å²) in [5, 5.41) is 11.7. The van der Waals surface area contributed by atoms with Gasteiger partial charge in [0, 0.05) is 10.6 Å². The van der Waals surface area contributed by atoms with E-state index in [1.807, 2.05) is 12.1 Å². The molecule has 1 amide bonds. The van der Waals surface area contributed by atoms with Crippen LogP contribution in [0.1, 0.15) is 30.5 Å². The van der Waals surface area contributed by atoms with Crippen LogP contribution in [0.3, 0.4) is 0 Å². The number of rotatable bonds is 4. The lowest BCUT2D eigenvalue weighted by Gasteiger charge is -2.27. The average molecular weight is 356 g/mol. The van der Waals surface area contributed by atoms with Gasteiger partial charge in [-0.25, -0.2) is 4.39 Å². The molecule has 1 heterocycles. The van der Waals surface area contributed by atoms with E-state index in [0.29, 0.717) is 16.2 Å². The fourth-order valence-electron chi connectivity index (χ4n) is 2.69. The van der Waals surface area contributed by atoms with Gasteiger partial charge in [0.2, 0.25) is 0 Å². The van der Waals surface area contributed by atoms with Crippen molar-refractivity contribution in [2.24, 2.45) is 0 Å². The second-order valence-corrected chi connectivity index (χ2v) is 6.86. The van der Waals surface area contributed by atoms with E-state index in [2.05, 4.69) is 5.32 Å². The molecule has 3 rings (SSSR count). The summed E-state index contributed by atoms with van der Waals surface area (Å²) >= 11 is 1.48. The Morgan fingerprint density at radius 2 is 2.12 bits per heavy atom. The van der Waals surface area contributed by atoms with Crippen molar-refractivity contribution in [3.8, 4) is 11.8 Å². The Bertz CT molecular complexity index is 817. The number of nitriles is 1. The van der Waals surface area contributed by atoms with E-state index in [0.717, 1.165) is 17.7 Å². The molecule has 1 N–H and O–H groups in total. The van der Waals surface area contributed by atoms with Gasteiger partial charge in [-0.3, -0.25) is 4.79 Å². The number of benzene rings is 2. The van der Waals surface area contributed by atoms with Crippen molar-refractivity contribution in [2.75, 3.05) is 5.75 Å². The number of thioether (sulfide) groups is 1. The predicted molar refractivity (Wildman–Crippen MR) is 93.9 cm³/mol. The van der Waals surface area contributed by atoms with E-state index in [-0.39, 0.29) is 17.8 Å². The summed E-state index contributed by atoms with van der Waals surface area (Å²) in [6, 6.07) is 13.3. The molecule has 2 aromatic carbocycles. The highest BCUT2D eigenvalue weighted by molar-refractivity contribution is 7.99. The van der Waals surface area contributed by atoms with Crippen LogP contribution in [-0.4, -0.2) is 17.8 Å². The van der Waals surface area contributed by atoms with Crippen molar-refractivity contribution < 1.29 is 13.9 Å². The van der Waals surface area contributed by atoms with Crippen LogP contribution in [0, 0.1) is 17.1 Å². The van der Waals surface area contributed by atoms with Crippen molar-refractivity contribution in [2.45, 2.75) is 30.4 Å². The topological polar surface area (TPSA) is 62.1 Å². The molecule has 0 fully saturated rings. The Morgan fingerprint density at radius 1 is 1.36 bits per heavy atom. The molecular formula is C19H17FN2O2S. The standard InChI is InChI=1S/C19H17FN2O2S/c1-12(24-14-7-5-13(11-21)6-8-14)19(23)22-17-9-10-25-18-15(17)3-2-4-16(18)20/h2-8,12,17H,9-10H2,1H3,(H,22,23)/t12-,17+/m1/s1. The van der Waals surface area contributed by atoms with Gasteiger partial charge >= 0.3 is 0 Å². The molecule has 1 aliphatic rings. The third-order valence-corrected chi connectivity index (χ3v) is 5.17. The average Bonchev–Trinajstić information content (AvgIpc) is 2.63. The van der Waals surface area contributed by atoms with Gasteiger partial charge in [0.1, 0.15) is 11.6 Å². The number of amides is 1. The number of halogens is 1. The SMILES string of the molecule is C[C@@H](Oc1ccc(C#N)cc1)C(=O)N[C@H]1CCSc2c(F)cccc21. The number of carbonyl (C=O) groups excluding carboxylic acids is 1. The van der Waals surface area contributed by atoms with E-state index in [1.165, 1.54) is 17.8 Å². The fourth-order valence-corrected chi connectivity index (χ4v) is 3.83. The molecule has 0 aliphatic carbocycles. The first-order valence-corrected chi connectivity index (χ1v) is 8.95. The van der Waals surface area contributed by atoms with Crippen molar-refractivity contribution in [1.29, 1.82) is 5.26 Å². The van der Waals surface area contributed by atoms with Crippen LogP contribution in [0.25, 0.3) is 0 Å². The summed E-state index contributed by atoms with van der Waals surface area (Å²) in [6.07, 6.45) is 0.0516. The van der Waals surface area contributed by atoms with Crippen LogP contribution in [-0.2, 0) is 4.79 Å². The summed E-state index contributed by atoms with van der Waals surface area (Å²) in [4.78, 5) is 13.1. The molecule has 6 heteroatoms. The second-order valence-electron chi connectivity index (χ2n) is 5.75. The summed E-state index contributed by atoms with van der Waals surface area (Å²) in [7, 11) is 0. The molecule has 0 saturated carbocycles. The summed E-state index contributed by atoms with van der Waals surface area (Å²) in [5.41, 5.74) is 1.35. The molecule has 0 bridgehead atoms. The van der Waals surface area contributed by atoms with Crippen LogP contribution in [0.2, 0.25) is 0 Å². The van der Waals surface area contributed by atoms with Gasteiger partial charge in [0.15, 0.2) is 6.10 Å².